The van der Waals surface area contributed by atoms with Gasteiger partial charge in [-0.05, 0) is 29.8 Å². The van der Waals surface area contributed by atoms with Crippen molar-refractivity contribution in [3.63, 3.8) is 0 Å². The predicted octanol–water partition coefficient (Wildman–Crippen LogP) is 1.65. The summed E-state index contributed by atoms with van der Waals surface area (Å²) in [5, 5.41) is 9.14. The molecule has 0 fully saturated rings. The fraction of sp³-hybridized carbons (Fsp3) is 0.118. The molecule has 0 saturated heterocycles. The summed E-state index contributed by atoms with van der Waals surface area (Å²) >= 11 is 0. The predicted molar refractivity (Wildman–Crippen MR) is 79.9 cm³/mol. The van der Waals surface area contributed by atoms with E-state index in [4.69, 9.17) is 14.6 Å². The Bertz CT molecular complexity index is 691. The van der Waals surface area contributed by atoms with Crippen molar-refractivity contribution in [2.45, 2.75) is 6.42 Å². The van der Waals surface area contributed by atoms with Crippen LogP contribution in [0.1, 0.15) is 5.56 Å². The summed E-state index contributed by atoms with van der Waals surface area (Å²) in [4.78, 5) is 34.7. The second-order valence-corrected chi connectivity index (χ2v) is 4.63. The number of rotatable bonds is 6. The van der Waals surface area contributed by atoms with Crippen LogP contribution in [0.5, 0.6) is 11.5 Å². The van der Waals surface area contributed by atoms with E-state index in [2.05, 4.69) is 0 Å². The SMILES string of the molecule is O=C(Cc1ccc(O)cc1)OCC(=O)C(=O)Oc1ccccc1. The molecule has 0 unspecified atom stereocenters. The van der Waals surface area contributed by atoms with Gasteiger partial charge in [-0.15, -0.1) is 0 Å². The number of Topliss-reactive ketones (excluding diaryl/α,β-unsaturated/α-hetero) is 1. The number of hydrogen-bond donors (Lipinski definition) is 1. The van der Waals surface area contributed by atoms with Gasteiger partial charge in [-0.3, -0.25) is 9.59 Å². The molecule has 118 valence electrons. The zero-order valence-electron chi connectivity index (χ0n) is 12.1. The molecule has 2 aromatic rings. The minimum atomic E-state index is -1.09. The number of phenolic OH excluding ortho intramolecular Hbond substituents is 1. The van der Waals surface area contributed by atoms with Crippen LogP contribution in [-0.4, -0.2) is 29.4 Å². The average Bonchev–Trinajstić information content (AvgIpc) is 2.55. The number of benzene rings is 2. The van der Waals surface area contributed by atoms with Crippen LogP contribution in [-0.2, 0) is 25.5 Å². The fourth-order valence-corrected chi connectivity index (χ4v) is 1.69. The maximum Gasteiger partial charge on any atom is 0.383 e. The molecule has 0 spiro atoms. The van der Waals surface area contributed by atoms with Crippen molar-refractivity contribution in [1.82, 2.24) is 0 Å². The second kappa shape index (κ2) is 7.74. The third kappa shape index (κ3) is 5.28. The molecule has 1 N–H and O–H groups in total. The highest BCUT2D eigenvalue weighted by molar-refractivity contribution is 6.34. The first-order valence-corrected chi connectivity index (χ1v) is 6.78. The molecule has 23 heavy (non-hydrogen) atoms. The Labute approximate surface area is 132 Å². The van der Waals surface area contributed by atoms with Gasteiger partial charge in [-0.25, -0.2) is 4.79 Å². The zero-order chi connectivity index (χ0) is 16.7. The average molecular weight is 314 g/mol. The van der Waals surface area contributed by atoms with Crippen LogP contribution in [0.25, 0.3) is 0 Å². The van der Waals surface area contributed by atoms with Crippen LogP contribution in [0.15, 0.2) is 54.6 Å². The normalized spacial score (nSPS) is 9.91. The number of hydrogen-bond acceptors (Lipinski definition) is 6. The van der Waals surface area contributed by atoms with Crippen LogP contribution in [0.3, 0.4) is 0 Å². The fourth-order valence-electron chi connectivity index (χ4n) is 1.69. The maximum absolute atomic E-state index is 11.6. The minimum Gasteiger partial charge on any atom is -0.508 e. The van der Waals surface area contributed by atoms with E-state index in [0.717, 1.165) is 0 Å². The minimum absolute atomic E-state index is 0.0682. The van der Waals surface area contributed by atoms with E-state index in [1.807, 2.05) is 0 Å². The monoisotopic (exact) mass is 314 g/mol. The lowest BCUT2D eigenvalue weighted by atomic mass is 10.1. The zero-order valence-corrected chi connectivity index (χ0v) is 12.1. The lowest BCUT2D eigenvalue weighted by Gasteiger charge is -2.05. The van der Waals surface area contributed by atoms with Crippen LogP contribution >= 0.6 is 0 Å². The Morgan fingerprint density at radius 2 is 1.57 bits per heavy atom. The van der Waals surface area contributed by atoms with Gasteiger partial charge >= 0.3 is 11.9 Å². The number of esters is 2. The summed E-state index contributed by atoms with van der Waals surface area (Å²) in [7, 11) is 0. The van der Waals surface area contributed by atoms with Gasteiger partial charge in [0.05, 0.1) is 6.42 Å². The summed E-state index contributed by atoms with van der Waals surface area (Å²) in [6, 6.07) is 14.1. The summed E-state index contributed by atoms with van der Waals surface area (Å²) in [6.45, 7) is -0.678. The van der Waals surface area contributed by atoms with E-state index >= 15 is 0 Å². The number of carbonyl (C=O) groups is 3. The molecule has 2 rings (SSSR count). The van der Waals surface area contributed by atoms with Crippen molar-refractivity contribution in [2.75, 3.05) is 6.61 Å². The van der Waals surface area contributed by atoms with Gasteiger partial charge in [0.15, 0.2) is 6.61 Å². The number of ketones is 1. The molecule has 0 aliphatic rings. The maximum atomic E-state index is 11.6. The lowest BCUT2D eigenvalue weighted by Crippen LogP contribution is -2.26. The van der Waals surface area contributed by atoms with E-state index in [9.17, 15) is 14.4 Å². The Hall–Kier alpha value is -3.15. The molecular weight excluding hydrogens is 300 g/mol. The van der Waals surface area contributed by atoms with Crippen molar-refractivity contribution in [3.05, 3.63) is 60.2 Å². The summed E-state index contributed by atoms with van der Waals surface area (Å²) in [5.41, 5.74) is 0.618. The highest BCUT2D eigenvalue weighted by Crippen LogP contribution is 2.11. The Morgan fingerprint density at radius 3 is 2.22 bits per heavy atom. The lowest BCUT2D eigenvalue weighted by molar-refractivity contribution is -0.154. The molecular formula is C17H14O6. The highest BCUT2D eigenvalue weighted by atomic mass is 16.6. The molecule has 0 aliphatic carbocycles. The van der Waals surface area contributed by atoms with Crippen LogP contribution < -0.4 is 4.74 Å². The molecule has 0 saturated carbocycles. The van der Waals surface area contributed by atoms with Crippen molar-refractivity contribution in [1.29, 1.82) is 0 Å². The van der Waals surface area contributed by atoms with Gasteiger partial charge in [0.25, 0.3) is 5.78 Å². The van der Waals surface area contributed by atoms with Crippen molar-refractivity contribution in [2.24, 2.45) is 0 Å². The Balaban J connectivity index is 1.78. The van der Waals surface area contributed by atoms with Gasteiger partial charge in [0.2, 0.25) is 0 Å². The smallest absolute Gasteiger partial charge is 0.383 e. The first-order valence-electron chi connectivity index (χ1n) is 6.78. The topological polar surface area (TPSA) is 89.9 Å². The third-order valence-electron chi connectivity index (χ3n) is 2.83. The standard InChI is InChI=1S/C17H14O6/c18-13-8-6-12(7-9-13)10-16(20)22-11-15(19)17(21)23-14-4-2-1-3-5-14/h1-9,18H,10-11H2. The van der Waals surface area contributed by atoms with E-state index in [0.29, 0.717) is 5.56 Å². The molecule has 0 heterocycles. The molecule has 6 nitrogen and oxygen atoms in total. The number of phenols is 1. The summed E-state index contributed by atoms with van der Waals surface area (Å²) in [6.07, 6.45) is -0.0682. The largest absolute Gasteiger partial charge is 0.508 e. The van der Waals surface area contributed by atoms with E-state index < -0.39 is 24.3 Å². The van der Waals surface area contributed by atoms with Crippen LogP contribution in [0.2, 0.25) is 0 Å². The van der Waals surface area contributed by atoms with Gasteiger partial charge < -0.3 is 14.6 Å². The summed E-state index contributed by atoms with van der Waals surface area (Å²) < 4.78 is 9.58. The molecule has 0 radical (unpaired) electrons. The molecule has 2 aromatic carbocycles. The highest BCUT2D eigenvalue weighted by Gasteiger charge is 2.18. The van der Waals surface area contributed by atoms with E-state index in [-0.39, 0.29) is 17.9 Å². The molecule has 0 atom stereocenters. The molecule has 6 heteroatoms. The van der Waals surface area contributed by atoms with E-state index in [1.165, 1.54) is 24.3 Å². The number of para-hydroxylation sites is 1. The Kier molecular flexibility index (Phi) is 5.46. The van der Waals surface area contributed by atoms with Crippen molar-refractivity contribution < 1.29 is 29.0 Å². The van der Waals surface area contributed by atoms with E-state index in [1.54, 1.807) is 30.3 Å². The molecule has 0 bridgehead atoms. The second-order valence-electron chi connectivity index (χ2n) is 4.63. The van der Waals surface area contributed by atoms with Gasteiger partial charge in [0.1, 0.15) is 11.5 Å². The number of ether oxygens (including phenoxy) is 2. The Morgan fingerprint density at radius 1 is 0.913 bits per heavy atom. The first-order chi connectivity index (χ1) is 11.0. The first kappa shape index (κ1) is 16.2. The van der Waals surface area contributed by atoms with Gasteiger partial charge in [-0.2, -0.15) is 0 Å². The van der Waals surface area contributed by atoms with Gasteiger partial charge in [0, 0.05) is 0 Å². The van der Waals surface area contributed by atoms with Crippen molar-refractivity contribution in [3.8, 4) is 11.5 Å². The third-order valence-corrected chi connectivity index (χ3v) is 2.83. The summed E-state index contributed by atoms with van der Waals surface area (Å²) in [5.74, 6) is -2.37. The van der Waals surface area contributed by atoms with Crippen molar-refractivity contribution >= 4 is 17.7 Å². The molecule has 0 amide bonds. The van der Waals surface area contributed by atoms with Gasteiger partial charge in [-0.1, -0.05) is 30.3 Å². The molecule has 0 aliphatic heterocycles. The number of aromatic hydroxyl groups is 1. The number of carbonyl (C=O) groups excluding carboxylic acids is 3. The van der Waals surface area contributed by atoms with Crippen LogP contribution in [0, 0.1) is 0 Å². The quantitative estimate of drug-likeness (QED) is 0.495. The van der Waals surface area contributed by atoms with Crippen LogP contribution in [0.4, 0.5) is 0 Å². The molecule has 0 aromatic heterocycles.